The van der Waals surface area contributed by atoms with E-state index in [0.29, 0.717) is 12.1 Å². The Bertz CT molecular complexity index is 816. The molecule has 0 aromatic carbocycles. The van der Waals surface area contributed by atoms with Crippen molar-refractivity contribution >= 4 is 17.8 Å². The van der Waals surface area contributed by atoms with Gasteiger partial charge in [-0.2, -0.15) is 0 Å². The second-order valence-corrected chi connectivity index (χ2v) is 6.77. The predicted molar refractivity (Wildman–Crippen MR) is 108 cm³/mol. The van der Waals surface area contributed by atoms with Crippen LogP contribution in [0.5, 0.6) is 0 Å². The Morgan fingerprint density at radius 3 is 2.66 bits per heavy atom. The Morgan fingerprint density at radius 2 is 2.00 bits per heavy atom. The third kappa shape index (κ3) is 5.34. The van der Waals surface area contributed by atoms with Gasteiger partial charge in [-0.15, -0.1) is 0 Å². The van der Waals surface area contributed by atoms with Crippen molar-refractivity contribution in [3.05, 3.63) is 60.8 Å². The van der Waals surface area contributed by atoms with Crippen molar-refractivity contribution in [3.8, 4) is 0 Å². The molecule has 8 nitrogen and oxygen atoms in total. The van der Waals surface area contributed by atoms with Crippen LogP contribution in [0, 0.1) is 0 Å². The minimum Gasteiger partial charge on any atom is -0.452 e. The quantitative estimate of drug-likeness (QED) is 0.756. The van der Waals surface area contributed by atoms with Crippen LogP contribution in [0.15, 0.2) is 65.7 Å². The fourth-order valence-corrected chi connectivity index (χ4v) is 3.00. The van der Waals surface area contributed by atoms with Gasteiger partial charge in [0.2, 0.25) is 0 Å². The summed E-state index contributed by atoms with van der Waals surface area (Å²) in [5.41, 5.74) is 1.42. The van der Waals surface area contributed by atoms with E-state index in [-0.39, 0.29) is 12.6 Å². The van der Waals surface area contributed by atoms with Gasteiger partial charge in [0.15, 0.2) is 0 Å². The van der Waals surface area contributed by atoms with Gasteiger partial charge in [0.25, 0.3) is 0 Å². The van der Waals surface area contributed by atoms with E-state index < -0.39 is 24.3 Å². The van der Waals surface area contributed by atoms with Crippen LogP contribution in [0.4, 0.5) is 14.0 Å². The molecule has 0 aromatic rings. The molecule has 0 radical (unpaired) electrons. The normalized spacial score (nSPS) is 25.4. The number of allylic oxidation sites excluding steroid dienone is 3. The Labute approximate surface area is 168 Å². The molecule has 3 rings (SSSR count). The van der Waals surface area contributed by atoms with Gasteiger partial charge in [-0.3, -0.25) is 9.89 Å². The van der Waals surface area contributed by atoms with Crippen LogP contribution >= 0.6 is 0 Å². The SMILES string of the molecule is COC(=O)N1C=CN(CC2=CC=C[C@H](NC(=O)N[C@H]3C=CC(C)=NC3)[C@H]2F)C=C1. The van der Waals surface area contributed by atoms with Gasteiger partial charge < -0.3 is 20.3 Å². The Morgan fingerprint density at radius 1 is 1.24 bits per heavy atom. The number of carbonyl (C=O) groups is 2. The van der Waals surface area contributed by atoms with Gasteiger partial charge in [-0.1, -0.05) is 24.3 Å². The second-order valence-electron chi connectivity index (χ2n) is 6.77. The maximum absolute atomic E-state index is 15.0. The first-order valence-electron chi connectivity index (χ1n) is 9.22. The molecule has 154 valence electrons. The summed E-state index contributed by atoms with van der Waals surface area (Å²) in [7, 11) is 1.30. The molecule has 3 aliphatic rings. The molecule has 0 fully saturated rings. The van der Waals surface area contributed by atoms with Crippen molar-refractivity contribution in [1.29, 1.82) is 0 Å². The van der Waals surface area contributed by atoms with E-state index in [2.05, 4.69) is 20.4 Å². The molecular weight excluding hydrogens is 377 g/mol. The molecule has 1 aliphatic carbocycles. The Kier molecular flexibility index (Phi) is 6.48. The molecule has 9 heteroatoms. The first kappa shape index (κ1) is 20.4. The van der Waals surface area contributed by atoms with E-state index in [1.807, 2.05) is 19.1 Å². The number of nitrogens with zero attached hydrogens (tertiary/aromatic N) is 3. The van der Waals surface area contributed by atoms with Gasteiger partial charge >= 0.3 is 12.1 Å². The topological polar surface area (TPSA) is 86.3 Å². The summed E-state index contributed by atoms with van der Waals surface area (Å²) < 4.78 is 19.6. The van der Waals surface area contributed by atoms with Crippen LogP contribution in [0.1, 0.15) is 6.92 Å². The van der Waals surface area contributed by atoms with E-state index in [9.17, 15) is 14.0 Å². The second kappa shape index (κ2) is 9.22. The number of urea groups is 1. The molecule has 0 aromatic heterocycles. The van der Waals surface area contributed by atoms with Gasteiger partial charge in [0.1, 0.15) is 6.17 Å². The summed E-state index contributed by atoms with van der Waals surface area (Å²) >= 11 is 0. The number of hydrogen-bond donors (Lipinski definition) is 2. The number of methoxy groups -OCH3 is 1. The largest absolute Gasteiger partial charge is 0.452 e. The van der Waals surface area contributed by atoms with E-state index in [1.165, 1.54) is 24.4 Å². The lowest BCUT2D eigenvalue weighted by atomic mass is 9.98. The predicted octanol–water partition coefficient (Wildman–Crippen LogP) is 2.21. The first-order chi connectivity index (χ1) is 14.0. The zero-order chi connectivity index (χ0) is 20.8. The molecular formula is C20H24FN5O3. The maximum atomic E-state index is 15.0. The first-order valence-corrected chi connectivity index (χ1v) is 9.22. The number of halogens is 1. The summed E-state index contributed by atoms with van der Waals surface area (Å²) in [5, 5.41) is 5.44. The van der Waals surface area contributed by atoms with Crippen LogP contribution in [-0.2, 0) is 4.74 Å². The van der Waals surface area contributed by atoms with Crippen LogP contribution in [0.25, 0.3) is 0 Å². The van der Waals surface area contributed by atoms with Crippen molar-refractivity contribution in [1.82, 2.24) is 20.4 Å². The molecule has 29 heavy (non-hydrogen) atoms. The van der Waals surface area contributed by atoms with Gasteiger partial charge in [0, 0.05) is 37.1 Å². The number of ether oxygens (including phenoxy) is 1. The smallest absolute Gasteiger partial charge is 0.417 e. The monoisotopic (exact) mass is 401 g/mol. The van der Waals surface area contributed by atoms with Crippen molar-refractivity contribution in [2.45, 2.75) is 25.2 Å². The van der Waals surface area contributed by atoms with Crippen molar-refractivity contribution in [3.63, 3.8) is 0 Å². The number of amides is 3. The molecule has 2 N–H and O–H groups in total. The minimum absolute atomic E-state index is 0.208. The molecule has 2 aliphatic heterocycles. The standard InChI is InChI=1S/C20H24FN5O3/c1-14-6-7-16(12-22-14)23-19(27)24-17-5-3-4-15(18(17)21)13-25-8-10-26(11-9-25)20(28)29-2/h3-11,16-18H,12-13H2,1-2H3,(H2,23,24,27)/t16-,17-,18-/m0/s1. The molecule has 0 spiro atoms. The van der Waals surface area contributed by atoms with Gasteiger partial charge in [0.05, 0.1) is 25.7 Å². The number of hydrogen-bond acceptors (Lipinski definition) is 5. The average molecular weight is 401 g/mol. The van der Waals surface area contributed by atoms with Crippen molar-refractivity contribution in [2.75, 3.05) is 20.2 Å². The summed E-state index contributed by atoms with van der Waals surface area (Å²) in [5.74, 6) is 0. The number of rotatable bonds is 4. The van der Waals surface area contributed by atoms with Crippen LogP contribution in [-0.4, -0.2) is 66.1 Å². The van der Waals surface area contributed by atoms with E-state index in [0.717, 1.165) is 5.71 Å². The molecule has 0 unspecified atom stereocenters. The number of carbonyl (C=O) groups excluding carboxylic acids is 2. The fraction of sp³-hybridized carbons (Fsp3) is 0.350. The molecule has 0 saturated carbocycles. The average Bonchev–Trinajstić information content (AvgIpc) is 2.72. The third-order valence-corrected chi connectivity index (χ3v) is 4.61. The zero-order valence-corrected chi connectivity index (χ0v) is 16.3. The zero-order valence-electron chi connectivity index (χ0n) is 16.3. The number of dihydropyridines is 1. The van der Waals surface area contributed by atoms with Gasteiger partial charge in [-0.05, 0) is 18.6 Å². The highest BCUT2D eigenvalue weighted by Gasteiger charge is 2.28. The summed E-state index contributed by atoms with van der Waals surface area (Å²) in [4.78, 5) is 31.0. The summed E-state index contributed by atoms with van der Waals surface area (Å²) in [6.45, 7) is 2.64. The Hall–Kier alpha value is -3.36. The lowest BCUT2D eigenvalue weighted by molar-refractivity contribution is 0.150. The van der Waals surface area contributed by atoms with E-state index in [4.69, 9.17) is 0 Å². The van der Waals surface area contributed by atoms with Crippen molar-refractivity contribution in [2.24, 2.45) is 4.99 Å². The minimum atomic E-state index is -1.37. The third-order valence-electron chi connectivity index (χ3n) is 4.61. The highest BCUT2D eigenvalue weighted by molar-refractivity contribution is 5.93. The molecule has 0 saturated heterocycles. The molecule has 2 heterocycles. The van der Waals surface area contributed by atoms with Gasteiger partial charge in [-0.25, -0.2) is 14.0 Å². The van der Waals surface area contributed by atoms with Crippen LogP contribution < -0.4 is 10.6 Å². The maximum Gasteiger partial charge on any atom is 0.417 e. The van der Waals surface area contributed by atoms with E-state index >= 15 is 0 Å². The number of alkyl halides is 1. The lowest BCUT2D eigenvalue weighted by Gasteiger charge is -2.29. The summed E-state index contributed by atoms with van der Waals surface area (Å²) in [6, 6.07) is -1.42. The molecule has 3 atom stereocenters. The van der Waals surface area contributed by atoms with Crippen molar-refractivity contribution < 1.29 is 18.7 Å². The number of nitrogens with one attached hydrogen (secondary N) is 2. The highest BCUT2D eigenvalue weighted by atomic mass is 19.1. The number of aliphatic imine (C=N–C) groups is 1. The summed E-state index contributed by atoms with van der Waals surface area (Å²) in [6.07, 6.45) is 13.2. The van der Waals surface area contributed by atoms with Crippen LogP contribution in [0.2, 0.25) is 0 Å². The molecule has 0 bridgehead atoms. The molecule has 3 amide bonds. The highest BCUT2D eigenvalue weighted by Crippen LogP contribution is 2.20. The fourth-order valence-electron chi connectivity index (χ4n) is 3.00. The van der Waals surface area contributed by atoms with Crippen LogP contribution in [0.3, 0.4) is 0 Å². The Balaban J connectivity index is 1.51. The lowest BCUT2D eigenvalue weighted by Crippen LogP contribution is -2.50. The van der Waals surface area contributed by atoms with E-state index in [1.54, 1.807) is 35.5 Å².